The van der Waals surface area contributed by atoms with Crippen LogP contribution in [0, 0.1) is 11.8 Å². The van der Waals surface area contributed by atoms with Crippen molar-refractivity contribution >= 4 is 11.7 Å². The fourth-order valence-corrected chi connectivity index (χ4v) is 3.37. The minimum absolute atomic E-state index is 0.0372. The van der Waals surface area contributed by atoms with Crippen molar-refractivity contribution in [3.05, 3.63) is 0 Å². The number of primary amides is 1. The third-order valence-electron chi connectivity index (χ3n) is 5.10. The Labute approximate surface area is 142 Å². The minimum Gasteiger partial charge on any atom is -0.369 e. The molecule has 0 spiro atoms. The van der Waals surface area contributed by atoms with Gasteiger partial charge >= 0.3 is 0 Å². The van der Waals surface area contributed by atoms with Crippen LogP contribution >= 0.6 is 0 Å². The molecule has 0 aromatic heterocycles. The number of nitrogens with two attached hydrogens (primary N) is 1. The van der Waals surface area contributed by atoms with E-state index < -0.39 is 0 Å². The molecule has 0 unspecified atom stereocenters. The first kappa shape index (κ1) is 20.2. The molecular weight excluding hydrogens is 286 g/mol. The molecule has 0 aromatic rings. The van der Waals surface area contributed by atoms with Crippen LogP contribution in [0.4, 0.5) is 0 Å². The summed E-state index contributed by atoms with van der Waals surface area (Å²) in [6, 6.07) is 0. The average molecular weight is 324 g/mol. The highest BCUT2D eigenvalue weighted by atomic mass is 16.1. The molecule has 1 aliphatic rings. The largest absolute Gasteiger partial charge is 0.369 e. The molecule has 1 amide bonds. The highest BCUT2D eigenvalue weighted by molar-refractivity contribution is 5.92. The van der Waals surface area contributed by atoms with Gasteiger partial charge in [-0.15, -0.1) is 0 Å². The molecule has 1 saturated carbocycles. The molecule has 1 aliphatic carbocycles. The molecule has 0 heterocycles. The Morgan fingerprint density at radius 3 is 1.57 bits per heavy atom. The topological polar surface area (TPSA) is 60.2 Å². The van der Waals surface area contributed by atoms with Gasteiger partial charge in [0.15, 0.2) is 0 Å². The second-order valence-electron chi connectivity index (χ2n) is 7.31. The summed E-state index contributed by atoms with van der Waals surface area (Å²) in [5.41, 5.74) is 5.21. The van der Waals surface area contributed by atoms with Crippen molar-refractivity contribution in [3.8, 4) is 0 Å². The van der Waals surface area contributed by atoms with Crippen molar-refractivity contribution < 1.29 is 9.59 Å². The molecular formula is C20H37NO2. The first-order valence-electron chi connectivity index (χ1n) is 9.98. The van der Waals surface area contributed by atoms with E-state index in [-0.39, 0.29) is 23.5 Å². The zero-order chi connectivity index (χ0) is 16.9. The SMILES string of the molecule is CCCCCCCCCCCCCCCC(=O)[C@H]1C[C@H]1C(N)=O. The molecule has 2 atom stereocenters. The number of carbonyl (C=O) groups excluding carboxylic acids is 2. The van der Waals surface area contributed by atoms with Gasteiger partial charge in [-0.1, -0.05) is 84.0 Å². The molecule has 2 N–H and O–H groups in total. The zero-order valence-electron chi connectivity index (χ0n) is 15.2. The molecule has 23 heavy (non-hydrogen) atoms. The van der Waals surface area contributed by atoms with Gasteiger partial charge in [0.1, 0.15) is 5.78 Å². The van der Waals surface area contributed by atoms with Gasteiger partial charge in [0.05, 0.1) is 0 Å². The molecule has 1 rings (SSSR count). The number of rotatable bonds is 16. The molecule has 0 saturated heterocycles. The minimum atomic E-state index is -0.297. The van der Waals surface area contributed by atoms with Crippen molar-refractivity contribution in [2.75, 3.05) is 0 Å². The molecule has 0 aliphatic heterocycles. The van der Waals surface area contributed by atoms with E-state index in [0.29, 0.717) is 12.8 Å². The predicted molar refractivity (Wildman–Crippen MR) is 96.1 cm³/mol. The highest BCUT2D eigenvalue weighted by Gasteiger charge is 2.45. The van der Waals surface area contributed by atoms with E-state index in [1.165, 1.54) is 70.6 Å². The number of carbonyl (C=O) groups is 2. The fourth-order valence-electron chi connectivity index (χ4n) is 3.37. The van der Waals surface area contributed by atoms with E-state index in [0.717, 1.165) is 12.8 Å². The molecule has 0 bridgehead atoms. The summed E-state index contributed by atoms with van der Waals surface area (Å²) in [6.45, 7) is 2.26. The summed E-state index contributed by atoms with van der Waals surface area (Å²) in [4.78, 5) is 22.7. The van der Waals surface area contributed by atoms with E-state index in [2.05, 4.69) is 6.92 Å². The molecule has 3 heteroatoms. The summed E-state index contributed by atoms with van der Waals surface area (Å²) in [5, 5.41) is 0. The monoisotopic (exact) mass is 323 g/mol. The maximum absolute atomic E-state index is 11.8. The van der Waals surface area contributed by atoms with Crippen LogP contribution in [0.1, 0.15) is 103 Å². The van der Waals surface area contributed by atoms with E-state index >= 15 is 0 Å². The van der Waals surface area contributed by atoms with Gasteiger partial charge in [-0.2, -0.15) is 0 Å². The van der Waals surface area contributed by atoms with Crippen molar-refractivity contribution in [3.63, 3.8) is 0 Å². The van der Waals surface area contributed by atoms with Crippen molar-refractivity contribution in [1.29, 1.82) is 0 Å². The van der Waals surface area contributed by atoms with Crippen LogP contribution in [0.2, 0.25) is 0 Å². The normalized spacial score (nSPS) is 19.7. The lowest BCUT2D eigenvalue weighted by Gasteiger charge is -2.03. The highest BCUT2D eigenvalue weighted by Crippen LogP contribution is 2.39. The summed E-state index contributed by atoms with van der Waals surface area (Å²) >= 11 is 0. The van der Waals surface area contributed by atoms with Gasteiger partial charge in [0.25, 0.3) is 0 Å². The third kappa shape index (κ3) is 9.78. The standard InChI is InChI=1S/C20H37NO2/c1-2-3-4-5-6-7-8-9-10-11-12-13-14-15-19(22)17-16-18(17)20(21)23/h17-18H,2-16H2,1H3,(H2,21,23)/t17-,18+/m0/s1. The van der Waals surface area contributed by atoms with Gasteiger partial charge in [0.2, 0.25) is 5.91 Å². The summed E-state index contributed by atoms with van der Waals surface area (Å²) in [7, 11) is 0. The van der Waals surface area contributed by atoms with E-state index in [9.17, 15) is 9.59 Å². The van der Waals surface area contributed by atoms with Crippen molar-refractivity contribution in [2.45, 2.75) is 103 Å². The van der Waals surface area contributed by atoms with Crippen molar-refractivity contribution in [2.24, 2.45) is 17.6 Å². The van der Waals surface area contributed by atoms with Gasteiger partial charge in [-0.05, 0) is 12.8 Å². The fraction of sp³-hybridized carbons (Fsp3) is 0.900. The Hall–Kier alpha value is -0.860. The lowest BCUT2D eigenvalue weighted by Crippen LogP contribution is -2.16. The first-order chi connectivity index (χ1) is 11.2. The Bertz CT molecular complexity index is 341. The third-order valence-corrected chi connectivity index (χ3v) is 5.10. The summed E-state index contributed by atoms with van der Waals surface area (Å²) < 4.78 is 0. The van der Waals surface area contributed by atoms with Crippen LogP contribution in [0.25, 0.3) is 0 Å². The number of hydrogen-bond acceptors (Lipinski definition) is 2. The maximum atomic E-state index is 11.8. The van der Waals surface area contributed by atoms with E-state index in [4.69, 9.17) is 5.73 Å². The zero-order valence-corrected chi connectivity index (χ0v) is 15.2. The molecule has 3 nitrogen and oxygen atoms in total. The number of Topliss-reactive ketones (excluding diaryl/α,β-unsaturated/α-hetero) is 1. The second-order valence-corrected chi connectivity index (χ2v) is 7.31. The number of unbranched alkanes of at least 4 members (excludes halogenated alkanes) is 12. The first-order valence-corrected chi connectivity index (χ1v) is 9.98. The van der Waals surface area contributed by atoms with E-state index in [1.807, 2.05) is 0 Å². The van der Waals surface area contributed by atoms with Crippen LogP contribution in [0.3, 0.4) is 0 Å². The predicted octanol–water partition coefficient (Wildman–Crippen LogP) is 5.16. The Morgan fingerprint density at radius 2 is 1.17 bits per heavy atom. The number of amides is 1. The van der Waals surface area contributed by atoms with Gasteiger partial charge in [-0.3, -0.25) is 9.59 Å². The average Bonchev–Trinajstić information content (AvgIpc) is 3.32. The Morgan fingerprint density at radius 1 is 0.739 bits per heavy atom. The molecule has 0 radical (unpaired) electrons. The molecule has 1 fully saturated rings. The van der Waals surface area contributed by atoms with Crippen molar-refractivity contribution in [1.82, 2.24) is 0 Å². The van der Waals surface area contributed by atoms with Gasteiger partial charge < -0.3 is 5.73 Å². The molecule has 134 valence electrons. The Balaban J connectivity index is 1.77. The second kappa shape index (κ2) is 12.5. The van der Waals surface area contributed by atoms with Crippen LogP contribution < -0.4 is 5.73 Å². The smallest absolute Gasteiger partial charge is 0.221 e. The van der Waals surface area contributed by atoms with Crippen LogP contribution in [-0.4, -0.2) is 11.7 Å². The lowest BCUT2D eigenvalue weighted by molar-refractivity contribution is -0.124. The van der Waals surface area contributed by atoms with E-state index in [1.54, 1.807) is 0 Å². The van der Waals surface area contributed by atoms with Crippen LogP contribution in [0.5, 0.6) is 0 Å². The van der Waals surface area contributed by atoms with Crippen LogP contribution in [-0.2, 0) is 9.59 Å². The number of hydrogen-bond donors (Lipinski definition) is 1. The summed E-state index contributed by atoms with van der Waals surface area (Å²) in [6.07, 6.45) is 18.5. The maximum Gasteiger partial charge on any atom is 0.221 e. The Kier molecular flexibility index (Phi) is 11.0. The summed E-state index contributed by atoms with van der Waals surface area (Å²) in [5.74, 6) is -0.222. The van der Waals surface area contributed by atoms with Gasteiger partial charge in [-0.25, -0.2) is 0 Å². The molecule has 0 aromatic carbocycles. The van der Waals surface area contributed by atoms with Gasteiger partial charge in [0, 0.05) is 18.3 Å². The van der Waals surface area contributed by atoms with Crippen LogP contribution in [0.15, 0.2) is 0 Å². The quantitative estimate of drug-likeness (QED) is 0.399. The lowest BCUT2D eigenvalue weighted by atomic mass is 10.0. The number of ketones is 1.